The molecule has 0 spiro atoms. The van der Waals surface area contributed by atoms with Crippen molar-refractivity contribution in [2.45, 2.75) is 32.2 Å². The molecule has 26 heavy (non-hydrogen) atoms. The van der Waals surface area contributed by atoms with Gasteiger partial charge in [-0.15, -0.1) is 12.4 Å². The highest BCUT2D eigenvalue weighted by atomic mass is 35.5. The van der Waals surface area contributed by atoms with Gasteiger partial charge in [-0.1, -0.05) is 29.8 Å². The molecule has 1 aliphatic carbocycles. The summed E-state index contributed by atoms with van der Waals surface area (Å²) in [5.74, 6) is 2.44. The number of nitrogen functional groups attached to an aromatic ring is 1. The zero-order valence-corrected chi connectivity index (χ0v) is 16.6. The molecule has 4 rings (SSSR count). The SMILES string of the molecule is Cc1cccc(-c2cnc(N3C[C@@H]4CC(C)(N)C[C@@H]4C3)nc2N)c1Cl.Cl. The van der Waals surface area contributed by atoms with Crippen LogP contribution in [0.2, 0.25) is 5.02 Å². The summed E-state index contributed by atoms with van der Waals surface area (Å²) < 4.78 is 0. The molecule has 3 atom stereocenters. The zero-order chi connectivity index (χ0) is 17.8. The van der Waals surface area contributed by atoms with Crippen molar-refractivity contribution in [1.29, 1.82) is 0 Å². The molecular weight excluding hydrogens is 369 g/mol. The van der Waals surface area contributed by atoms with Gasteiger partial charge in [-0.25, -0.2) is 4.98 Å². The molecule has 1 aromatic carbocycles. The molecular formula is C19H25Cl2N5. The normalized spacial score (nSPS) is 27.3. The van der Waals surface area contributed by atoms with Crippen molar-refractivity contribution in [2.24, 2.45) is 17.6 Å². The minimum absolute atomic E-state index is 0. The van der Waals surface area contributed by atoms with Gasteiger partial charge in [0.1, 0.15) is 5.82 Å². The molecule has 1 unspecified atom stereocenters. The summed E-state index contributed by atoms with van der Waals surface area (Å²) in [7, 11) is 0. The molecule has 7 heteroatoms. The highest BCUT2D eigenvalue weighted by Gasteiger charge is 2.45. The van der Waals surface area contributed by atoms with Crippen LogP contribution in [-0.2, 0) is 0 Å². The van der Waals surface area contributed by atoms with Gasteiger partial charge in [-0.3, -0.25) is 0 Å². The first-order valence-electron chi connectivity index (χ1n) is 8.76. The Morgan fingerprint density at radius 2 is 1.85 bits per heavy atom. The fraction of sp³-hybridized carbons (Fsp3) is 0.474. The predicted octanol–water partition coefficient (Wildman–Crippen LogP) is 3.67. The van der Waals surface area contributed by atoms with Gasteiger partial charge in [-0.2, -0.15) is 4.98 Å². The van der Waals surface area contributed by atoms with Gasteiger partial charge in [0.25, 0.3) is 0 Å². The third-order valence-corrected chi connectivity index (χ3v) is 6.11. The van der Waals surface area contributed by atoms with E-state index >= 15 is 0 Å². The maximum atomic E-state index is 6.42. The molecule has 4 N–H and O–H groups in total. The van der Waals surface area contributed by atoms with E-state index in [9.17, 15) is 0 Å². The summed E-state index contributed by atoms with van der Waals surface area (Å²) in [6, 6.07) is 5.90. The fourth-order valence-corrected chi connectivity index (χ4v) is 4.67. The van der Waals surface area contributed by atoms with Gasteiger partial charge in [0, 0.05) is 36.0 Å². The molecule has 0 bridgehead atoms. The number of hydrogen-bond acceptors (Lipinski definition) is 5. The van der Waals surface area contributed by atoms with Crippen molar-refractivity contribution in [3.05, 3.63) is 35.0 Å². The quantitative estimate of drug-likeness (QED) is 0.812. The Hall–Kier alpha value is -1.56. The van der Waals surface area contributed by atoms with Crippen LogP contribution in [-0.4, -0.2) is 28.6 Å². The molecule has 0 amide bonds. The molecule has 2 heterocycles. The third kappa shape index (κ3) is 3.36. The number of benzene rings is 1. The summed E-state index contributed by atoms with van der Waals surface area (Å²) in [5, 5.41) is 0.698. The number of hydrogen-bond donors (Lipinski definition) is 2. The lowest BCUT2D eigenvalue weighted by atomic mass is 10.00. The summed E-state index contributed by atoms with van der Waals surface area (Å²) in [6.45, 7) is 6.05. The standard InChI is InChI=1S/C19H24ClN5.ClH/c1-11-4-3-5-14(16(11)20)15-8-23-18(24-17(15)21)25-9-12-6-19(2,22)7-13(12)10-25;/h3-5,8,12-13H,6-7,9-10,22H2,1-2H3,(H2,21,23,24);1H/t12-,13+,19?;. The average molecular weight is 394 g/mol. The van der Waals surface area contributed by atoms with Crippen LogP contribution in [0, 0.1) is 18.8 Å². The number of nitrogens with two attached hydrogens (primary N) is 2. The highest BCUT2D eigenvalue weighted by molar-refractivity contribution is 6.34. The van der Waals surface area contributed by atoms with E-state index in [1.807, 2.05) is 25.1 Å². The van der Waals surface area contributed by atoms with Gasteiger partial charge >= 0.3 is 0 Å². The Balaban J connectivity index is 0.00000196. The van der Waals surface area contributed by atoms with E-state index in [2.05, 4.69) is 21.8 Å². The zero-order valence-electron chi connectivity index (χ0n) is 15.1. The smallest absolute Gasteiger partial charge is 0.227 e. The topological polar surface area (TPSA) is 81.1 Å². The number of rotatable bonds is 2. The molecule has 1 aliphatic heterocycles. The Morgan fingerprint density at radius 3 is 2.46 bits per heavy atom. The summed E-state index contributed by atoms with van der Waals surface area (Å²) in [5.41, 5.74) is 15.2. The number of halogens is 2. The molecule has 2 fully saturated rings. The minimum atomic E-state index is -0.0207. The van der Waals surface area contributed by atoms with Crippen LogP contribution in [0.15, 0.2) is 24.4 Å². The van der Waals surface area contributed by atoms with Gasteiger partial charge in [0.2, 0.25) is 5.95 Å². The van der Waals surface area contributed by atoms with Crippen LogP contribution < -0.4 is 16.4 Å². The molecule has 2 aromatic rings. The minimum Gasteiger partial charge on any atom is -0.383 e. The van der Waals surface area contributed by atoms with Gasteiger partial charge in [-0.05, 0) is 44.1 Å². The maximum absolute atomic E-state index is 6.42. The van der Waals surface area contributed by atoms with Gasteiger partial charge in [0.05, 0.1) is 5.02 Å². The lowest BCUT2D eigenvalue weighted by molar-refractivity contribution is 0.449. The lowest BCUT2D eigenvalue weighted by Gasteiger charge is -2.23. The number of aromatic nitrogens is 2. The van der Waals surface area contributed by atoms with Crippen molar-refractivity contribution < 1.29 is 0 Å². The van der Waals surface area contributed by atoms with Crippen LogP contribution >= 0.6 is 24.0 Å². The van der Waals surface area contributed by atoms with Crippen LogP contribution in [0.3, 0.4) is 0 Å². The second-order valence-corrected chi connectivity index (χ2v) is 8.27. The van der Waals surface area contributed by atoms with E-state index in [1.165, 1.54) is 0 Å². The van der Waals surface area contributed by atoms with E-state index in [-0.39, 0.29) is 17.9 Å². The largest absolute Gasteiger partial charge is 0.383 e. The van der Waals surface area contributed by atoms with Crippen molar-refractivity contribution >= 4 is 35.8 Å². The van der Waals surface area contributed by atoms with Crippen molar-refractivity contribution in [3.8, 4) is 11.1 Å². The first-order valence-corrected chi connectivity index (χ1v) is 9.14. The summed E-state index contributed by atoms with van der Waals surface area (Å²) in [4.78, 5) is 11.4. The van der Waals surface area contributed by atoms with E-state index in [4.69, 9.17) is 23.1 Å². The molecule has 2 aliphatic rings. The molecule has 1 aromatic heterocycles. The molecule has 0 radical (unpaired) electrons. The van der Waals surface area contributed by atoms with Gasteiger partial charge in [0.15, 0.2) is 0 Å². The predicted molar refractivity (Wildman–Crippen MR) is 110 cm³/mol. The molecule has 140 valence electrons. The first-order chi connectivity index (χ1) is 11.8. The second-order valence-electron chi connectivity index (χ2n) is 7.89. The summed E-state index contributed by atoms with van der Waals surface area (Å²) >= 11 is 6.42. The van der Waals surface area contributed by atoms with E-state index in [0.29, 0.717) is 28.6 Å². The second kappa shape index (κ2) is 6.87. The van der Waals surface area contributed by atoms with E-state index in [0.717, 1.165) is 42.6 Å². The van der Waals surface area contributed by atoms with E-state index < -0.39 is 0 Å². The number of nitrogens with zero attached hydrogens (tertiary/aromatic N) is 3. The average Bonchev–Trinajstić information content (AvgIpc) is 3.04. The Kier molecular flexibility index (Phi) is 5.08. The Morgan fingerprint density at radius 1 is 1.19 bits per heavy atom. The highest BCUT2D eigenvalue weighted by Crippen LogP contribution is 2.43. The van der Waals surface area contributed by atoms with Gasteiger partial charge < -0.3 is 16.4 Å². The van der Waals surface area contributed by atoms with Crippen LogP contribution in [0.4, 0.5) is 11.8 Å². The number of fused-ring (bicyclic) bond motifs is 1. The van der Waals surface area contributed by atoms with Crippen LogP contribution in [0.1, 0.15) is 25.3 Å². The Labute approximate surface area is 165 Å². The first kappa shape index (κ1) is 19.2. The fourth-order valence-electron chi connectivity index (χ4n) is 4.45. The van der Waals surface area contributed by atoms with Crippen LogP contribution in [0.5, 0.6) is 0 Å². The van der Waals surface area contributed by atoms with E-state index in [1.54, 1.807) is 6.20 Å². The third-order valence-electron chi connectivity index (χ3n) is 5.60. The number of anilines is 2. The molecule has 1 saturated heterocycles. The summed E-state index contributed by atoms with van der Waals surface area (Å²) in [6.07, 6.45) is 3.93. The lowest BCUT2D eigenvalue weighted by Crippen LogP contribution is -2.35. The molecule has 5 nitrogen and oxygen atoms in total. The van der Waals surface area contributed by atoms with Crippen LogP contribution in [0.25, 0.3) is 11.1 Å². The Bertz CT molecular complexity index is 808. The van der Waals surface area contributed by atoms with Crippen molar-refractivity contribution in [2.75, 3.05) is 23.7 Å². The number of aryl methyl sites for hydroxylation is 1. The van der Waals surface area contributed by atoms with Crippen molar-refractivity contribution in [1.82, 2.24) is 9.97 Å². The maximum Gasteiger partial charge on any atom is 0.227 e. The molecule has 1 saturated carbocycles. The van der Waals surface area contributed by atoms with Crippen molar-refractivity contribution in [3.63, 3.8) is 0 Å². The monoisotopic (exact) mass is 393 g/mol.